The Hall–Kier alpha value is -1.36. The van der Waals surface area contributed by atoms with Crippen molar-refractivity contribution < 1.29 is 0 Å². The van der Waals surface area contributed by atoms with E-state index in [1.165, 1.54) is 12.7 Å². The Bertz CT molecular complexity index is 314. The molecule has 1 aromatic rings. The molecule has 2 unspecified atom stereocenters. The topological polar surface area (TPSA) is 75.9 Å². The van der Waals surface area contributed by atoms with Crippen LogP contribution in [0.5, 0.6) is 0 Å². The van der Waals surface area contributed by atoms with Gasteiger partial charge in [0.2, 0.25) is 0 Å². The van der Waals surface area contributed by atoms with Gasteiger partial charge in [0.25, 0.3) is 0 Å². The number of hydrogen-bond donors (Lipinski definition) is 3. The quantitative estimate of drug-likeness (QED) is 0.488. The summed E-state index contributed by atoms with van der Waals surface area (Å²) in [6.07, 6.45) is 2.81. The Morgan fingerprint density at radius 1 is 1.50 bits per heavy atom. The van der Waals surface area contributed by atoms with Crippen molar-refractivity contribution in [3.05, 3.63) is 12.4 Å². The number of rotatable bonds is 4. The SMILES string of the molecule is CC1CC1CNc1cc(NN)ncn1. The fourth-order valence-corrected chi connectivity index (χ4v) is 1.45. The van der Waals surface area contributed by atoms with Crippen LogP contribution < -0.4 is 16.6 Å². The Balaban J connectivity index is 1.88. The third kappa shape index (κ3) is 2.11. The number of aromatic nitrogens is 2. The van der Waals surface area contributed by atoms with Gasteiger partial charge < -0.3 is 10.7 Å². The highest BCUT2D eigenvalue weighted by atomic mass is 15.3. The lowest BCUT2D eigenvalue weighted by atomic mass is 10.3. The first-order chi connectivity index (χ1) is 6.79. The van der Waals surface area contributed by atoms with Crippen LogP contribution in [-0.2, 0) is 0 Å². The van der Waals surface area contributed by atoms with E-state index >= 15 is 0 Å². The van der Waals surface area contributed by atoms with Gasteiger partial charge in [0, 0.05) is 12.6 Å². The monoisotopic (exact) mass is 193 g/mol. The summed E-state index contributed by atoms with van der Waals surface area (Å²) < 4.78 is 0. The second-order valence-corrected chi connectivity index (χ2v) is 3.79. The lowest BCUT2D eigenvalue weighted by molar-refractivity contribution is 0.784. The second-order valence-electron chi connectivity index (χ2n) is 3.79. The summed E-state index contributed by atoms with van der Waals surface area (Å²) in [5.74, 6) is 8.36. The average molecular weight is 193 g/mol. The highest BCUT2D eigenvalue weighted by Gasteiger charge is 2.31. The number of nitrogens with one attached hydrogen (secondary N) is 2. The van der Waals surface area contributed by atoms with Gasteiger partial charge in [-0.1, -0.05) is 6.92 Å². The zero-order valence-electron chi connectivity index (χ0n) is 8.20. The van der Waals surface area contributed by atoms with E-state index in [1.54, 1.807) is 6.07 Å². The van der Waals surface area contributed by atoms with Crippen molar-refractivity contribution >= 4 is 11.6 Å². The minimum atomic E-state index is 0.631. The number of nitrogens with two attached hydrogens (primary N) is 1. The second kappa shape index (κ2) is 3.79. The summed E-state index contributed by atoms with van der Waals surface area (Å²) in [6, 6.07) is 1.80. The summed E-state index contributed by atoms with van der Waals surface area (Å²) in [7, 11) is 0. The van der Waals surface area contributed by atoms with Gasteiger partial charge in [-0.3, -0.25) is 0 Å². The largest absolute Gasteiger partial charge is 0.370 e. The molecule has 0 saturated heterocycles. The lowest BCUT2D eigenvalue weighted by Gasteiger charge is -2.05. The minimum absolute atomic E-state index is 0.631. The minimum Gasteiger partial charge on any atom is -0.370 e. The van der Waals surface area contributed by atoms with Crippen molar-refractivity contribution in [3.63, 3.8) is 0 Å². The number of hydrogen-bond acceptors (Lipinski definition) is 5. The number of nitrogen functional groups attached to an aromatic ring is 1. The van der Waals surface area contributed by atoms with Crippen molar-refractivity contribution in [1.29, 1.82) is 0 Å². The molecule has 5 nitrogen and oxygen atoms in total. The highest BCUT2D eigenvalue weighted by Crippen LogP contribution is 2.37. The van der Waals surface area contributed by atoms with Gasteiger partial charge in [0.15, 0.2) is 0 Å². The molecular formula is C9H15N5. The standard InChI is InChI=1S/C9H15N5/c1-6-2-7(6)4-11-8-3-9(14-10)13-5-12-8/h3,5-7H,2,4,10H2,1H3,(H2,11,12,13,14). The van der Waals surface area contributed by atoms with Gasteiger partial charge in [-0.05, 0) is 18.3 Å². The molecule has 4 N–H and O–H groups in total. The van der Waals surface area contributed by atoms with E-state index < -0.39 is 0 Å². The molecule has 0 bridgehead atoms. The fraction of sp³-hybridized carbons (Fsp3) is 0.556. The van der Waals surface area contributed by atoms with E-state index in [0.717, 1.165) is 24.2 Å². The molecule has 0 aliphatic heterocycles. The maximum absolute atomic E-state index is 5.24. The van der Waals surface area contributed by atoms with Crippen LogP contribution in [-0.4, -0.2) is 16.5 Å². The van der Waals surface area contributed by atoms with Crippen molar-refractivity contribution in [2.75, 3.05) is 17.3 Å². The van der Waals surface area contributed by atoms with Crippen molar-refractivity contribution in [2.45, 2.75) is 13.3 Å². The summed E-state index contributed by atoms with van der Waals surface area (Å²) in [4.78, 5) is 8.02. The van der Waals surface area contributed by atoms with E-state index in [0.29, 0.717) is 5.82 Å². The van der Waals surface area contributed by atoms with Crippen molar-refractivity contribution in [3.8, 4) is 0 Å². The van der Waals surface area contributed by atoms with Gasteiger partial charge in [-0.2, -0.15) is 0 Å². The molecule has 1 aliphatic rings. The van der Waals surface area contributed by atoms with Gasteiger partial charge in [-0.15, -0.1) is 0 Å². The van der Waals surface area contributed by atoms with Gasteiger partial charge in [-0.25, -0.2) is 15.8 Å². The van der Waals surface area contributed by atoms with E-state index in [1.807, 2.05) is 0 Å². The molecule has 1 aromatic heterocycles. The molecule has 1 aliphatic carbocycles. The van der Waals surface area contributed by atoms with E-state index in [9.17, 15) is 0 Å². The van der Waals surface area contributed by atoms with Crippen molar-refractivity contribution in [1.82, 2.24) is 9.97 Å². The predicted octanol–water partition coefficient (Wildman–Crippen LogP) is 0.830. The van der Waals surface area contributed by atoms with Crippen LogP contribution in [0.4, 0.5) is 11.6 Å². The third-order valence-corrected chi connectivity index (χ3v) is 2.64. The summed E-state index contributed by atoms with van der Waals surface area (Å²) in [5.41, 5.74) is 2.49. The predicted molar refractivity (Wildman–Crippen MR) is 55.6 cm³/mol. The third-order valence-electron chi connectivity index (χ3n) is 2.64. The van der Waals surface area contributed by atoms with Crippen molar-refractivity contribution in [2.24, 2.45) is 17.7 Å². The van der Waals surface area contributed by atoms with Crippen LogP contribution in [0.3, 0.4) is 0 Å². The molecule has 1 saturated carbocycles. The lowest BCUT2D eigenvalue weighted by Crippen LogP contribution is -2.11. The molecule has 2 atom stereocenters. The Morgan fingerprint density at radius 3 is 2.86 bits per heavy atom. The Kier molecular flexibility index (Phi) is 2.49. The zero-order valence-corrected chi connectivity index (χ0v) is 8.20. The molecular weight excluding hydrogens is 178 g/mol. The molecule has 0 spiro atoms. The molecule has 0 radical (unpaired) electrons. The van der Waals surface area contributed by atoms with Crippen LogP contribution >= 0.6 is 0 Å². The van der Waals surface area contributed by atoms with Crippen LogP contribution in [0.15, 0.2) is 12.4 Å². The molecule has 2 rings (SSSR count). The Labute approximate surface area is 83.1 Å². The maximum atomic E-state index is 5.24. The smallest absolute Gasteiger partial charge is 0.145 e. The van der Waals surface area contributed by atoms with E-state index in [-0.39, 0.29) is 0 Å². The van der Waals surface area contributed by atoms with E-state index in [2.05, 4.69) is 27.6 Å². The molecule has 1 fully saturated rings. The number of anilines is 2. The average Bonchev–Trinajstić information content (AvgIpc) is 2.92. The van der Waals surface area contributed by atoms with Gasteiger partial charge in [0.1, 0.15) is 18.0 Å². The number of hydrazine groups is 1. The first-order valence-corrected chi connectivity index (χ1v) is 4.82. The highest BCUT2D eigenvalue weighted by molar-refractivity contribution is 5.45. The molecule has 1 heterocycles. The molecule has 5 heteroatoms. The summed E-state index contributed by atoms with van der Waals surface area (Å²) in [6.45, 7) is 3.25. The molecule has 0 amide bonds. The summed E-state index contributed by atoms with van der Waals surface area (Å²) >= 11 is 0. The summed E-state index contributed by atoms with van der Waals surface area (Å²) in [5, 5.41) is 3.27. The van der Waals surface area contributed by atoms with Gasteiger partial charge in [0.05, 0.1) is 0 Å². The van der Waals surface area contributed by atoms with Crippen LogP contribution in [0.25, 0.3) is 0 Å². The zero-order chi connectivity index (χ0) is 9.97. The Morgan fingerprint density at radius 2 is 2.21 bits per heavy atom. The molecule has 0 aromatic carbocycles. The van der Waals surface area contributed by atoms with Gasteiger partial charge >= 0.3 is 0 Å². The molecule has 14 heavy (non-hydrogen) atoms. The molecule has 76 valence electrons. The normalized spacial score (nSPS) is 24.4. The first kappa shape index (κ1) is 9.21. The fourth-order valence-electron chi connectivity index (χ4n) is 1.45. The first-order valence-electron chi connectivity index (χ1n) is 4.82. The van der Waals surface area contributed by atoms with E-state index in [4.69, 9.17) is 5.84 Å². The van der Waals surface area contributed by atoms with Crippen LogP contribution in [0.1, 0.15) is 13.3 Å². The maximum Gasteiger partial charge on any atom is 0.145 e. The van der Waals surface area contributed by atoms with Crippen LogP contribution in [0, 0.1) is 11.8 Å². The number of nitrogens with zero attached hydrogens (tertiary/aromatic N) is 2. The van der Waals surface area contributed by atoms with Crippen LogP contribution in [0.2, 0.25) is 0 Å².